The Labute approximate surface area is 279 Å². The standard InChI is InChI=1S/C29H32N2O4S.2C2H2O4/c1-30(2)14-15-35-23-11-8-19(9-12-23)29-27(24-13-10-22(32)17-26(24)36-29)28(33)20-6-7-21(18-31(3)4)25(16-20)34-5;2*3-1(4)2(5)6/h6-13,16-17,32H,14-15,18H2,1-5H3;2*(H,3,4)(H,5,6). The van der Waals surface area contributed by atoms with Crippen LogP contribution in [0, 0.1) is 0 Å². The molecule has 5 N–H and O–H groups in total. The molecule has 3 aromatic carbocycles. The fraction of sp³-hybridized carbons (Fsp3) is 0.242. The number of hydrogen-bond acceptors (Lipinski definition) is 11. The van der Waals surface area contributed by atoms with Crippen molar-refractivity contribution in [3.8, 4) is 27.7 Å². The molecule has 4 rings (SSSR count). The van der Waals surface area contributed by atoms with E-state index < -0.39 is 23.9 Å². The van der Waals surface area contributed by atoms with Gasteiger partial charge in [-0.1, -0.05) is 12.1 Å². The summed E-state index contributed by atoms with van der Waals surface area (Å²) in [7, 11) is 9.64. The van der Waals surface area contributed by atoms with Crippen LogP contribution in [-0.4, -0.2) is 113 Å². The van der Waals surface area contributed by atoms with Crippen LogP contribution in [0.15, 0.2) is 60.7 Å². The highest BCUT2D eigenvalue weighted by molar-refractivity contribution is 7.22. The second-order valence-electron chi connectivity index (χ2n) is 10.5. The van der Waals surface area contributed by atoms with Gasteiger partial charge in [-0.25, -0.2) is 19.2 Å². The average Bonchev–Trinajstić information content (AvgIpc) is 3.39. The van der Waals surface area contributed by atoms with Crippen LogP contribution < -0.4 is 9.47 Å². The predicted octanol–water partition coefficient (Wildman–Crippen LogP) is 3.83. The molecule has 0 spiro atoms. The zero-order valence-electron chi connectivity index (χ0n) is 26.8. The quantitative estimate of drug-likeness (QED) is 0.119. The van der Waals surface area contributed by atoms with Crippen molar-refractivity contribution in [3.63, 3.8) is 0 Å². The lowest BCUT2D eigenvalue weighted by atomic mass is 9.96. The summed E-state index contributed by atoms with van der Waals surface area (Å²) in [6, 6.07) is 18.6. The molecule has 4 aromatic rings. The average molecular weight is 685 g/mol. The molecule has 0 bridgehead atoms. The number of fused-ring (bicyclic) bond motifs is 1. The number of methoxy groups -OCH3 is 1. The van der Waals surface area contributed by atoms with Crippen LogP contribution in [0.4, 0.5) is 0 Å². The van der Waals surface area contributed by atoms with Crippen LogP contribution in [0.25, 0.3) is 20.5 Å². The molecule has 0 aliphatic carbocycles. The number of ketones is 1. The van der Waals surface area contributed by atoms with E-state index in [-0.39, 0.29) is 11.5 Å². The van der Waals surface area contributed by atoms with Crippen molar-refractivity contribution >= 4 is 51.1 Å². The number of likely N-dealkylation sites (N-methyl/N-ethyl adjacent to an activating group) is 1. The van der Waals surface area contributed by atoms with E-state index in [0.29, 0.717) is 30.0 Å². The second kappa shape index (κ2) is 18.0. The lowest BCUT2D eigenvalue weighted by molar-refractivity contribution is -0.159. The number of carboxylic acids is 4. The van der Waals surface area contributed by atoms with Gasteiger partial charge in [-0.3, -0.25) is 4.79 Å². The van der Waals surface area contributed by atoms with Crippen molar-refractivity contribution in [1.82, 2.24) is 9.80 Å². The number of carbonyl (C=O) groups is 5. The fourth-order valence-electron chi connectivity index (χ4n) is 4.06. The van der Waals surface area contributed by atoms with Crippen LogP contribution in [0.1, 0.15) is 21.5 Å². The number of rotatable bonds is 10. The maximum absolute atomic E-state index is 13.9. The van der Waals surface area contributed by atoms with Crippen LogP contribution in [0.3, 0.4) is 0 Å². The number of benzene rings is 3. The molecular weight excluding hydrogens is 648 g/mol. The first-order chi connectivity index (χ1) is 22.5. The molecule has 0 atom stereocenters. The third kappa shape index (κ3) is 11.4. The van der Waals surface area contributed by atoms with Crippen LogP contribution in [0.2, 0.25) is 0 Å². The Hall–Kier alpha value is -5.51. The SMILES string of the molecule is COc1cc(C(=O)c2c(-c3ccc(OCCN(C)C)cc3)sc3cc(O)ccc23)ccc1CN(C)C.O=C(O)C(=O)O.O=C(O)C(=O)O. The van der Waals surface area contributed by atoms with Crippen molar-refractivity contribution < 1.29 is 59.0 Å². The molecule has 0 aliphatic rings. The molecule has 256 valence electrons. The minimum Gasteiger partial charge on any atom is -0.508 e. The lowest BCUT2D eigenvalue weighted by Crippen LogP contribution is -2.19. The Morgan fingerprint density at radius 1 is 0.750 bits per heavy atom. The number of phenolic OH excluding ortho intramolecular Hbond substituents is 1. The van der Waals surface area contributed by atoms with E-state index in [9.17, 15) is 9.90 Å². The van der Waals surface area contributed by atoms with Crippen molar-refractivity contribution in [1.29, 1.82) is 0 Å². The van der Waals surface area contributed by atoms with E-state index in [4.69, 9.17) is 49.1 Å². The Morgan fingerprint density at radius 2 is 1.33 bits per heavy atom. The lowest BCUT2D eigenvalue weighted by Gasteiger charge is -2.14. The molecule has 0 saturated heterocycles. The summed E-state index contributed by atoms with van der Waals surface area (Å²) in [6.45, 7) is 2.15. The first-order valence-electron chi connectivity index (χ1n) is 14.0. The van der Waals surface area contributed by atoms with E-state index in [1.165, 1.54) is 11.3 Å². The zero-order chi connectivity index (χ0) is 36.1. The predicted molar refractivity (Wildman–Crippen MR) is 177 cm³/mol. The second-order valence-corrected chi connectivity index (χ2v) is 11.5. The summed E-state index contributed by atoms with van der Waals surface area (Å²) in [6.07, 6.45) is 0. The topological polar surface area (TPSA) is 211 Å². The van der Waals surface area contributed by atoms with Gasteiger partial charge in [0.25, 0.3) is 0 Å². The summed E-state index contributed by atoms with van der Waals surface area (Å²) < 4.78 is 12.3. The largest absolute Gasteiger partial charge is 0.508 e. The molecule has 0 radical (unpaired) electrons. The molecule has 0 fully saturated rings. The van der Waals surface area contributed by atoms with Gasteiger partial charge >= 0.3 is 23.9 Å². The van der Waals surface area contributed by atoms with Crippen molar-refractivity contribution in [2.45, 2.75) is 6.54 Å². The number of hydrogen-bond donors (Lipinski definition) is 5. The minimum absolute atomic E-state index is 0.0806. The maximum atomic E-state index is 13.9. The minimum atomic E-state index is -1.82. The van der Waals surface area contributed by atoms with Gasteiger partial charge in [-0.2, -0.15) is 0 Å². The number of carbonyl (C=O) groups excluding carboxylic acids is 1. The number of carboxylic acid groups (broad SMARTS) is 4. The molecular formula is C33H36N2O12S. The Balaban J connectivity index is 0.000000570. The highest BCUT2D eigenvalue weighted by Gasteiger charge is 2.23. The highest BCUT2D eigenvalue weighted by Crippen LogP contribution is 2.42. The first kappa shape index (κ1) is 38.7. The molecule has 0 amide bonds. The Bertz CT molecular complexity index is 1720. The van der Waals surface area contributed by atoms with Gasteiger partial charge in [0.15, 0.2) is 5.78 Å². The molecule has 48 heavy (non-hydrogen) atoms. The molecule has 14 nitrogen and oxygen atoms in total. The summed E-state index contributed by atoms with van der Waals surface area (Å²) in [5.74, 6) is -5.73. The molecule has 1 aromatic heterocycles. The van der Waals surface area contributed by atoms with Gasteiger partial charge in [0.05, 0.1) is 7.11 Å². The van der Waals surface area contributed by atoms with Crippen molar-refractivity contribution in [2.75, 3.05) is 48.5 Å². The summed E-state index contributed by atoms with van der Waals surface area (Å²) in [4.78, 5) is 55.3. The summed E-state index contributed by atoms with van der Waals surface area (Å²) in [5.41, 5.74) is 3.13. The third-order valence-corrected chi connectivity index (χ3v) is 7.43. The fourth-order valence-corrected chi connectivity index (χ4v) is 5.30. The maximum Gasteiger partial charge on any atom is 0.414 e. The van der Waals surface area contributed by atoms with Crippen LogP contribution in [0.5, 0.6) is 17.2 Å². The van der Waals surface area contributed by atoms with Crippen molar-refractivity contribution in [2.24, 2.45) is 0 Å². The van der Waals surface area contributed by atoms with E-state index in [1.807, 2.05) is 76.7 Å². The van der Waals surface area contributed by atoms with Crippen LogP contribution >= 0.6 is 11.3 Å². The molecule has 0 saturated carbocycles. The molecule has 0 unspecified atom stereocenters. The number of aliphatic carboxylic acids is 4. The van der Waals surface area contributed by atoms with E-state index in [2.05, 4.69) is 9.80 Å². The highest BCUT2D eigenvalue weighted by atomic mass is 32.1. The van der Waals surface area contributed by atoms with E-state index >= 15 is 0 Å². The van der Waals surface area contributed by atoms with Gasteiger partial charge in [0, 0.05) is 44.7 Å². The summed E-state index contributed by atoms with van der Waals surface area (Å²) >= 11 is 1.50. The molecule has 15 heteroatoms. The third-order valence-electron chi connectivity index (χ3n) is 6.23. The van der Waals surface area contributed by atoms with Crippen molar-refractivity contribution in [3.05, 3.63) is 77.4 Å². The number of aromatic hydroxyl groups is 1. The Kier molecular flexibility index (Phi) is 14.5. The smallest absolute Gasteiger partial charge is 0.414 e. The molecule has 1 heterocycles. The number of ether oxygens (including phenoxy) is 2. The van der Waals surface area contributed by atoms with Crippen LogP contribution in [-0.2, 0) is 25.7 Å². The van der Waals surface area contributed by atoms with Gasteiger partial charge < -0.3 is 44.8 Å². The zero-order valence-corrected chi connectivity index (χ0v) is 27.6. The van der Waals surface area contributed by atoms with Gasteiger partial charge in [0.2, 0.25) is 0 Å². The molecule has 0 aliphatic heterocycles. The normalized spacial score (nSPS) is 10.4. The summed E-state index contributed by atoms with van der Waals surface area (Å²) in [5, 5.41) is 40.5. The number of thiophene rings is 1. The van der Waals surface area contributed by atoms with E-state index in [1.54, 1.807) is 19.2 Å². The Morgan fingerprint density at radius 3 is 1.83 bits per heavy atom. The first-order valence-corrected chi connectivity index (χ1v) is 14.8. The monoisotopic (exact) mass is 684 g/mol. The van der Waals surface area contributed by atoms with Gasteiger partial charge in [-0.15, -0.1) is 11.3 Å². The van der Waals surface area contributed by atoms with E-state index in [0.717, 1.165) is 38.4 Å². The van der Waals surface area contributed by atoms with Gasteiger partial charge in [-0.05, 0) is 82.3 Å². The number of phenols is 1. The number of nitrogens with zero attached hydrogens (tertiary/aromatic N) is 2. The van der Waals surface area contributed by atoms with Gasteiger partial charge in [0.1, 0.15) is 23.9 Å².